The molecule has 0 rings (SSSR count). The molecule has 0 spiro atoms. The smallest absolute Gasteiger partial charge is 0.457 e. The molecule has 0 radical (unpaired) electrons. The van der Waals surface area contributed by atoms with Gasteiger partial charge in [0.05, 0.1) is 0 Å². The molecule has 7 heteroatoms. The summed E-state index contributed by atoms with van der Waals surface area (Å²) >= 11 is 0. The maximum Gasteiger partial charge on any atom is 0.457 e. The first-order chi connectivity index (χ1) is 5.23. The van der Waals surface area contributed by atoms with E-state index in [9.17, 15) is 26.7 Å². The van der Waals surface area contributed by atoms with E-state index in [2.05, 4.69) is 4.74 Å². The number of carbonyl (C=O) groups excluding carboxylic acids is 1. The summed E-state index contributed by atoms with van der Waals surface area (Å²) in [4.78, 5) is 9.47. The maximum absolute atomic E-state index is 12.1. The summed E-state index contributed by atoms with van der Waals surface area (Å²) in [5.74, 6) is -5.01. The molecule has 0 aromatic rings. The van der Waals surface area contributed by atoms with Crippen molar-refractivity contribution < 1.29 is 31.5 Å². The molecule has 0 saturated carbocycles. The molecule has 2 nitrogen and oxygen atoms in total. The predicted octanol–water partition coefficient (Wildman–Crippen LogP) is 1.75. The Morgan fingerprint density at radius 2 is 1.67 bits per heavy atom. The van der Waals surface area contributed by atoms with Crippen LogP contribution in [0.25, 0.3) is 0 Å². The van der Waals surface area contributed by atoms with Gasteiger partial charge in [0.15, 0.2) is 6.10 Å². The lowest BCUT2D eigenvalue weighted by Crippen LogP contribution is -2.46. The van der Waals surface area contributed by atoms with Gasteiger partial charge in [-0.2, -0.15) is 22.0 Å². The van der Waals surface area contributed by atoms with E-state index in [1.54, 1.807) is 0 Å². The minimum Gasteiger partial charge on any atom is -0.458 e. The topological polar surface area (TPSA) is 26.3 Å². The van der Waals surface area contributed by atoms with Gasteiger partial charge in [0.2, 0.25) is 0 Å². The Bertz CT molecular complexity index is 164. The average Bonchev–Trinajstić information content (AvgIpc) is 1.85. The number of carbonyl (C=O) groups is 1. The number of hydrogen-bond acceptors (Lipinski definition) is 2. The SMILES string of the molecule is CC(OC=O)C(F)(F)C(F)(F)F. The molecule has 72 valence electrons. The zero-order chi connectivity index (χ0) is 9.99. The second-order valence-corrected chi connectivity index (χ2v) is 2.00. The Labute approximate surface area is 64.3 Å². The van der Waals surface area contributed by atoms with E-state index in [1.165, 1.54) is 0 Å². The highest BCUT2D eigenvalue weighted by atomic mass is 19.4. The summed E-state index contributed by atoms with van der Waals surface area (Å²) in [5.41, 5.74) is 0. The van der Waals surface area contributed by atoms with Gasteiger partial charge in [-0.3, -0.25) is 4.79 Å². The number of hydrogen-bond donors (Lipinski definition) is 0. The summed E-state index contributed by atoms with van der Waals surface area (Å²) in [6.45, 7) is 0.00616. The quantitative estimate of drug-likeness (QED) is 0.503. The van der Waals surface area contributed by atoms with Crippen LogP contribution in [0.5, 0.6) is 0 Å². The number of alkyl halides is 5. The zero-order valence-corrected chi connectivity index (χ0v) is 5.86. The first-order valence-electron chi connectivity index (χ1n) is 2.77. The Morgan fingerprint density at radius 1 is 1.25 bits per heavy atom. The molecule has 0 aliphatic rings. The molecule has 0 heterocycles. The minimum absolute atomic E-state index is 0.454. The minimum atomic E-state index is -5.70. The van der Waals surface area contributed by atoms with E-state index in [0.717, 1.165) is 0 Å². The average molecular weight is 192 g/mol. The largest absolute Gasteiger partial charge is 0.458 e. The van der Waals surface area contributed by atoms with Gasteiger partial charge in [-0.05, 0) is 6.92 Å². The molecule has 1 unspecified atom stereocenters. The van der Waals surface area contributed by atoms with Gasteiger partial charge in [0.1, 0.15) is 0 Å². The van der Waals surface area contributed by atoms with Gasteiger partial charge >= 0.3 is 12.1 Å². The van der Waals surface area contributed by atoms with Crippen LogP contribution in [0.3, 0.4) is 0 Å². The van der Waals surface area contributed by atoms with Crippen LogP contribution in [-0.2, 0) is 9.53 Å². The summed E-state index contributed by atoms with van der Waals surface area (Å²) in [7, 11) is 0. The zero-order valence-electron chi connectivity index (χ0n) is 5.86. The van der Waals surface area contributed by atoms with E-state index < -0.39 is 24.7 Å². The van der Waals surface area contributed by atoms with E-state index in [4.69, 9.17) is 0 Å². The number of rotatable bonds is 3. The lowest BCUT2D eigenvalue weighted by molar-refractivity contribution is -0.310. The molecule has 0 bridgehead atoms. The van der Waals surface area contributed by atoms with E-state index >= 15 is 0 Å². The molecule has 0 aliphatic carbocycles. The monoisotopic (exact) mass is 192 g/mol. The normalized spacial score (nSPS) is 15.5. The molecule has 12 heavy (non-hydrogen) atoms. The fourth-order valence-corrected chi connectivity index (χ4v) is 0.399. The third-order valence-corrected chi connectivity index (χ3v) is 1.15. The van der Waals surface area contributed by atoms with Gasteiger partial charge in [0, 0.05) is 0 Å². The van der Waals surface area contributed by atoms with Crippen molar-refractivity contribution in [3.8, 4) is 0 Å². The number of halogens is 5. The van der Waals surface area contributed by atoms with Crippen molar-refractivity contribution in [2.45, 2.75) is 25.1 Å². The van der Waals surface area contributed by atoms with Crippen molar-refractivity contribution in [2.24, 2.45) is 0 Å². The molecule has 0 aromatic heterocycles. The maximum atomic E-state index is 12.1. The summed E-state index contributed by atoms with van der Waals surface area (Å²) in [6.07, 6.45) is -8.20. The number of ether oxygens (including phenoxy) is 1. The van der Waals surface area contributed by atoms with Crippen molar-refractivity contribution >= 4 is 6.47 Å². The standard InChI is InChI=1S/C5H5F5O2/c1-3(12-2-11)4(6,7)5(8,9)10/h2-3H,1H3. The third kappa shape index (κ3) is 2.05. The van der Waals surface area contributed by atoms with E-state index in [-0.39, 0.29) is 0 Å². The molecular formula is C5H5F5O2. The second-order valence-electron chi connectivity index (χ2n) is 2.00. The van der Waals surface area contributed by atoms with Gasteiger partial charge in [0.25, 0.3) is 6.47 Å². The van der Waals surface area contributed by atoms with Crippen molar-refractivity contribution in [1.29, 1.82) is 0 Å². The Hall–Kier alpha value is -0.880. The van der Waals surface area contributed by atoms with Gasteiger partial charge in [-0.15, -0.1) is 0 Å². The highest BCUT2D eigenvalue weighted by Crippen LogP contribution is 2.38. The van der Waals surface area contributed by atoms with Crippen LogP contribution in [0.2, 0.25) is 0 Å². The summed E-state index contributed by atoms with van der Waals surface area (Å²) in [5, 5.41) is 0. The van der Waals surface area contributed by atoms with Crippen molar-refractivity contribution in [2.75, 3.05) is 0 Å². The molecule has 0 amide bonds. The first-order valence-corrected chi connectivity index (χ1v) is 2.77. The van der Waals surface area contributed by atoms with Crippen molar-refractivity contribution in [1.82, 2.24) is 0 Å². The van der Waals surface area contributed by atoms with Crippen LogP contribution in [0.4, 0.5) is 22.0 Å². The predicted molar refractivity (Wildman–Crippen MR) is 27.6 cm³/mol. The van der Waals surface area contributed by atoms with Gasteiger partial charge < -0.3 is 4.74 Å². The summed E-state index contributed by atoms with van der Waals surface area (Å²) in [6, 6.07) is 0. The Morgan fingerprint density at radius 3 is 1.92 bits per heavy atom. The molecule has 0 aromatic carbocycles. The molecule has 0 fully saturated rings. The van der Waals surface area contributed by atoms with E-state index in [1.807, 2.05) is 0 Å². The fourth-order valence-electron chi connectivity index (χ4n) is 0.399. The van der Waals surface area contributed by atoms with Crippen LogP contribution in [0.15, 0.2) is 0 Å². The second kappa shape index (κ2) is 3.24. The van der Waals surface area contributed by atoms with Gasteiger partial charge in [-0.25, -0.2) is 0 Å². The molecule has 0 saturated heterocycles. The fraction of sp³-hybridized carbons (Fsp3) is 0.800. The van der Waals surface area contributed by atoms with Crippen LogP contribution in [-0.4, -0.2) is 24.7 Å². The Balaban J connectivity index is 4.48. The van der Waals surface area contributed by atoms with Crippen LogP contribution < -0.4 is 0 Å². The lowest BCUT2D eigenvalue weighted by atomic mass is 10.2. The molecule has 1 atom stereocenters. The van der Waals surface area contributed by atoms with Crippen molar-refractivity contribution in [3.05, 3.63) is 0 Å². The van der Waals surface area contributed by atoms with Crippen molar-refractivity contribution in [3.63, 3.8) is 0 Å². The molecule has 0 aliphatic heterocycles. The van der Waals surface area contributed by atoms with E-state index in [0.29, 0.717) is 6.92 Å². The highest BCUT2D eigenvalue weighted by Gasteiger charge is 2.62. The van der Waals surface area contributed by atoms with Gasteiger partial charge in [-0.1, -0.05) is 0 Å². The Kier molecular flexibility index (Phi) is 3.00. The van der Waals surface area contributed by atoms with Crippen LogP contribution in [0, 0.1) is 0 Å². The molecular weight excluding hydrogens is 187 g/mol. The molecule has 0 N–H and O–H groups in total. The van der Waals surface area contributed by atoms with Crippen LogP contribution >= 0.6 is 0 Å². The summed E-state index contributed by atoms with van der Waals surface area (Å²) < 4.78 is 62.1. The first kappa shape index (κ1) is 11.1. The lowest BCUT2D eigenvalue weighted by Gasteiger charge is -2.23. The third-order valence-electron chi connectivity index (χ3n) is 1.15. The van der Waals surface area contributed by atoms with Crippen LogP contribution in [0.1, 0.15) is 6.92 Å². The highest BCUT2D eigenvalue weighted by molar-refractivity contribution is 5.37.